The summed E-state index contributed by atoms with van der Waals surface area (Å²) in [6, 6.07) is 9.25. The summed E-state index contributed by atoms with van der Waals surface area (Å²) in [7, 11) is 0. The highest BCUT2D eigenvalue weighted by molar-refractivity contribution is 5.13. The van der Waals surface area contributed by atoms with Crippen LogP contribution in [0.4, 0.5) is 0 Å². The Morgan fingerprint density at radius 2 is 1.86 bits per heavy atom. The average molecular weight is 295 g/mol. The number of hydrogen-bond acceptors (Lipinski definition) is 6. The van der Waals surface area contributed by atoms with Crippen LogP contribution in [-0.4, -0.2) is 52.6 Å². The van der Waals surface area contributed by atoms with E-state index in [-0.39, 0.29) is 13.2 Å². The fourth-order valence-electron chi connectivity index (χ4n) is 2.07. The largest absolute Gasteiger partial charge is 0.388 e. The van der Waals surface area contributed by atoms with Crippen molar-refractivity contribution in [2.75, 3.05) is 6.54 Å². The first kappa shape index (κ1) is 15.7. The molecule has 0 spiro atoms. The van der Waals surface area contributed by atoms with E-state index in [2.05, 4.69) is 10.0 Å². The lowest BCUT2D eigenvalue weighted by Gasteiger charge is -2.39. The van der Waals surface area contributed by atoms with Crippen LogP contribution in [0.15, 0.2) is 35.4 Å². The number of benzene rings is 1. The van der Waals surface area contributed by atoms with Crippen LogP contribution in [-0.2, 0) is 16.1 Å². The Kier molecular flexibility index (Phi) is 5.51. The van der Waals surface area contributed by atoms with Gasteiger partial charge in [-0.05, 0) is 11.1 Å². The van der Waals surface area contributed by atoms with Gasteiger partial charge in [0.15, 0.2) is 6.29 Å². The minimum atomic E-state index is -1.43. The van der Waals surface area contributed by atoms with E-state index in [0.29, 0.717) is 0 Å². The predicted molar refractivity (Wildman–Crippen MR) is 71.9 cm³/mol. The molecule has 1 fully saturated rings. The molecule has 8 nitrogen and oxygen atoms in total. The Hall–Kier alpha value is -1.67. The molecule has 1 unspecified atom stereocenters. The van der Waals surface area contributed by atoms with Crippen LogP contribution in [0, 0.1) is 0 Å². The van der Waals surface area contributed by atoms with Gasteiger partial charge in [-0.25, -0.2) is 0 Å². The summed E-state index contributed by atoms with van der Waals surface area (Å²) < 4.78 is 10.8. The number of aliphatic hydroxyl groups is 3. The highest BCUT2D eigenvalue weighted by Crippen LogP contribution is 2.23. The molecule has 8 heteroatoms. The van der Waals surface area contributed by atoms with Crippen LogP contribution in [0.3, 0.4) is 0 Å². The first-order valence-corrected chi connectivity index (χ1v) is 6.49. The van der Waals surface area contributed by atoms with Crippen molar-refractivity contribution in [2.24, 2.45) is 5.11 Å². The van der Waals surface area contributed by atoms with Gasteiger partial charge in [0.1, 0.15) is 18.3 Å². The maximum atomic E-state index is 9.87. The highest BCUT2D eigenvalue weighted by Gasteiger charge is 2.43. The molecule has 1 aliphatic heterocycles. The maximum Gasteiger partial charge on any atom is 0.186 e. The fourth-order valence-corrected chi connectivity index (χ4v) is 2.07. The molecule has 1 aromatic carbocycles. The molecule has 0 bridgehead atoms. The molecule has 0 amide bonds. The van der Waals surface area contributed by atoms with Crippen LogP contribution in [0.5, 0.6) is 0 Å². The molecule has 0 radical (unpaired) electrons. The van der Waals surface area contributed by atoms with Crippen molar-refractivity contribution < 1.29 is 24.8 Å². The lowest BCUT2D eigenvalue weighted by Crippen LogP contribution is -2.58. The van der Waals surface area contributed by atoms with E-state index in [9.17, 15) is 15.3 Å². The molecule has 114 valence electrons. The molecule has 1 aliphatic rings. The molecule has 0 aliphatic carbocycles. The van der Waals surface area contributed by atoms with Gasteiger partial charge in [-0.15, -0.1) is 0 Å². The first-order chi connectivity index (χ1) is 10.1. The third-order valence-electron chi connectivity index (χ3n) is 3.25. The quantitative estimate of drug-likeness (QED) is 0.409. The van der Waals surface area contributed by atoms with Crippen molar-refractivity contribution in [1.29, 1.82) is 0 Å². The number of aliphatic hydroxyl groups excluding tert-OH is 3. The van der Waals surface area contributed by atoms with E-state index in [1.165, 1.54) is 0 Å². The Bertz CT molecular complexity index is 494. The topological polar surface area (TPSA) is 128 Å². The Morgan fingerprint density at radius 1 is 1.14 bits per heavy atom. The molecule has 1 heterocycles. The van der Waals surface area contributed by atoms with Gasteiger partial charge in [0.25, 0.3) is 0 Å². The third-order valence-corrected chi connectivity index (χ3v) is 3.25. The van der Waals surface area contributed by atoms with E-state index < -0.39 is 30.7 Å². The fraction of sp³-hybridized carbons (Fsp3) is 0.538. The molecule has 1 aromatic rings. The SMILES string of the molecule is [N-]=[N+]=NC[C@H]1OC(OCc2ccccc2)[C@@H](O)[C@@H](O)[C@@H]1O. The van der Waals surface area contributed by atoms with Gasteiger partial charge in [0, 0.05) is 4.91 Å². The molecular formula is C13H17N3O5. The summed E-state index contributed by atoms with van der Waals surface area (Å²) in [5, 5.41) is 32.7. The zero-order chi connectivity index (χ0) is 15.2. The van der Waals surface area contributed by atoms with Crippen molar-refractivity contribution in [1.82, 2.24) is 0 Å². The smallest absolute Gasteiger partial charge is 0.186 e. The number of nitrogens with zero attached hydrogens (tertiary/aromatic N) is 3. The van der Waals surface area contributed by atoms with Crippen LogP contribution in [0.2, 0.25) is 0 Å². The molecule has 1 saturated heterocycles. The Labute approximate surface area is 121 Å². The van der Waals surface area contributed by atoms with Gasteiger partial charge in [0.2, 0.25) is 0 Å². The summed E-state index contributed by atoms with van der Waals surface area (Å²) in [6.45, 7) is 0.0201. The number of rotatable bonds is 5. The minimum absolute atomic E-state index is 0.160. The lowest BCUT2D eigenvalue weighted by atomic mass is 9.99. The van der Waals surface area contributed by atoms with E-state index in [1.54, 1.807) is 0 Å². The van der Waals surface area contributed by atoms with Crippen LogP contribution >= 0.6 is 0 Å². The van der Waals surface area contributed by atoms with E-state index in [0.717, 1.165) is 5.56 Å². The van der Waals surface area contributed by atoms with Gasteiger partial charge in [-0.3, -0.25) is 0 Å². The second-order valence-corrected chi connectivity index (χ2v) is 4.72. The monoisotopic (exact) mass is 295 g/mol. The third kappa shape index (κ3) is 3.92. The predicted octanol–water partition coefficient (Wildman–Crippen LogP) is 0.321. The van der Waals surface area contributed by atoms with E-state index in [1.807, 2.05) is 30.3 Å². The van der Waals surface area contributed by atoms with Crippen molar-refractivity contribution in [3.05, 3.63) is 46.3 Å². The van der Waals surface area contributed by atoms with Gasteiger partial charge in [0.05, 0.1) is 19.3 Å². The summed E-state index contributed by atoms with van der Waals surface area (Å²) >= 11 is 0. The number of azide groups is 1. The Balaban J connectivity index is 1.98. The summed E-state index contributed by atoms with van der Waals surface area (Å²) in [4.78, 5) is 2.58. The second-order valence-electron chi connectivity index (χ2n) is 4.72. The summed E-state index contributed by atoms with van der Waals surface area (Å²) in [6.07, 6.45) is -6.20. The molecule has 3 N–H and O–H groups in total. The molecule has 0 saturated carbocycles. The summed E-state index contributed by atoms with van der Waals surface area (Å²) in [5.74, 6) is 0. The maximum absolute atomic E-state index is 9.87. The van der Waals surface area contributed by atoms with Crippen molar-refractivity contribution in [2.45, 2.75) is 37.3 Å². The van der Waals surface area contributed by atoms with Gasteiger partial charge < -0.3 is 24.8 Å². The highest BCUT2D eigenvalue weighted by atomic mass is 16.7. The molecule has 0 aromatic heterocycles. The van der Waals surface area contributed by atoms with Gasteiger partial charge in [-0.2, -0.15) is 0 Å². The number of hydrogen-bond donors (Lipinski definition) is 3. The van der Waals surface area contributed by atoms with Crippen molar-refractivity contribution in [3.8, 4) is 0 Å². The van der Waals surface area contributed by atoms with Gasteiger partial charge in [-0.1, -0.05) is 35.4 Å². The van der Waals surface area contributed by atoms with Crippen LogP contribution < -0.4 is 0 Å². The zero-order valence-electron chi connectivity index (χ0n) is 11.2. The van der Waals surface area contributed by atoms with Crippen molar-refractivity contribution >= 4 is 0 Å². The zero-order valence-corrected chi connectivity index (χ0v) is 11.2. The molecule has 2 rings (SSSR count). The second kappa shape index (κ2) is 7.37. The van der Waals surface area contributed by atoms with Crippen LogP contribution in [0.25, 0.3) is 10.4 Å². The molecular weight excluding hydrogens is 278 g/mol. The first-order valence-electron chi connectivity index (χ1n) is 6.49. The standard InChI is InChI=1S/C13H17N3O5/c14-16-15-6-9-10(17)11(18)12(19)13(21-9)20-7-8-4-2-1-3-5-8/h1-5,9-13,17-19H,6-7H2/t9-,10-,11+,12+,13?/m1/s1. The normalized spacial score (nSPS) is 32.4. The molecule has 21 heavy (non-hydrogen) atoms. The van der Waals surface area contributed by atoms with Gasteiger partial charge >= 0.3 is 0 Å². The summed E-state index contributed by atoms with van der Waals surface area (Å²) in [5.41, 5.74) is 9.17. The number of ether oxygens (including phenoxy) is 2. The molecule has 5 atom stereocenters. The lowest BCUT2D eigenvalue weighted by molar-refractivity contribution is -0.297. The Morgan fingerprint density at radius 3 is 2.52 bits per heavy atom. The van der Waals surface area contributed by atoms with E-state index in [4.69, 9.17) is 15.0 Å². The van der Waals surface area contributed by atoms with E-state index >= 15 is 0 Å². The minimum Gasteiger partial charge on any atom is -0.388 e. The van der Waals surface area contributed by atoms with Crippen LogP contribution in [0.1, 0.15) is 5.56 Å². The van der Waals surface area contributed by atoms with Crippen molar-refractivity contribution in [3.63, 3.8) is 0 Å². The average Bonchev–Trinajstić information content (AvgIpc) is 2.52.